The quantitative estimate of drug-likeness (QED) is 0.823. The van der Waals surface area contributed by atoms with Gasteiger partial charge in [0.05, 0.1) is 12.3 Å². The number of piperazine rings is 1. The van der Waals surface area contributed by atoms with Gasteiger partial charge in [-0.1, -0.05) is 0 Å². The van der Waals surface area contributed by atoms with Crippen LogP contribution in [0.1, 0.15) is 29.8 Å². The maximum absolute atomic E-state index is 12.5. The maximum atomic E-state index is 12.5. The summed E-state index contributed by atoms with van der Waals surface area (Å²) in [5.41, 5.74) is 0.440. The highest BCUT2D eigenvalue weighted by molar-refractivity contribution is 5.92. The number of carbonyl (C=O) groups is 1. The van der Waals surface area contributed by atoms with Crippen molar-refractivity contribution >= 4 is 5.91 Å². The van der Waals surface area contributed by atoms with Crippen LogP contribution in [0.15, 0.2) is 18.6 Å². The van der Waals surface area contributed by atoms with Gasteiger partial charge < -0.3 is 9.64 Å². The first kappa shape index (κ1) is 14.1. The lowest BCUT2D eigenvalue weighted by molar-refractivity contribution is 0.0491. The highest BCUT2D eigenvalue weighted by atomic mass is 16.5. The molecule has 118 valence electrons. The van der Waals surface area contributed by atoms with Crippen molar-refractivity contribution in [1.29, 1.82) is 0 Å². The molecule has 0 radical (unpaired) electrons. The molecule has 6 nitrogen and oxygen atoms in total. The molecule has 1 aromatic rings. The Labute approximate surface area is 130 Å². The predicted molar refractivity (Wildman–Crippen MR) is 80.4 cm³/mol. The van der Waals surface area contributed by atoms with Crippen LogP contribution < -0.4 is 0 Å². The lowest BCUT2D eigenvalue weighted by Crippen LogP contribution is -2.52. The average molecular weight is 302 g/mol. The van der Waals surface area contributed by atoms with E-state index < -0.39 is 0 Å². The fourth-order valence-electron chi connectivity index (χ4n) is 3.43. The molecule has 2 saturated heterocycles. The summed E-state index contributed by atoms with van der Waals surface area (Å²) >= 11 is 0. The van der Waals surface area contributed by atoms with Crippen molar-refractivity contribution in [2.75, 3.05) is 32.8 Å². The molecule has 22 heavy (non-hydrogen) atoms. The van der Waals surface area contributed by atoms with Gasteiger partial charge in [-0.25, -0.2) is 4.98 Å². The summed E-state index contributed by atoms with van der Waals surface area (Å²) in [5.74, 6) is 0.808. The molecule has 0 spiro atoms. The summed E-state index contributed by atoms with van der Waals surface area (Å²) in [6.45, 7) is 4.41. The van der Waals surface area contributed by atoms with Crippen molar-refractivity contribution in [2.45, 2.75) is 31.4 Å². The van der Waals surface area contributed by atoms with E-state index in [0.29, 0.717) is 17.8 Å². The van der Waals surface area contributed by atoms with Crippen LogP contribution in [-0.4, -0.2) is 70.6 Å². The summed E-state index contributed by atoms with van der Waals surface area (Å²) in [7, 11) is 0. The lowest BCUT2D eigenvalue weighted by Gasteiger charge is -2.37. The minimum atomic E-state index is -0.00454. The molecule has 6 heteroatoms. The smallest absolute Gasteiger partial charge is 0.274 e. The molecule has 1 saturated carbocycles. The monoisotopic (exact) mass is 302 g/mol. The number of carbonyl (C=O) groups excluding carboxylic acids is 1. The third-order valence-corrected chi connectivity index (χ3v) is 4.91. The van der Waals surface area contributed by atoms with Crippen molar-refractivity contribution in [3.05, 3.63) is 24.3 Å². The summed E-state index contributed by atoms with van der Waals surface area (Å²) in [4.78, 5) is 25.0. The van der Waals surface area contributed by atoms with Gasteiger partial charge in [0.2, 0.25) is 0 Å². The van der Waals surface area contributed by atoms with E-state index in [0.717, 1.165) is 45.1 Å². The first-order valence-corrected chi connectivity index (χ1v) is 8.20. The van der Waals surface area contributed by atoms with Gasteiger partial charge in [0.1, 0.15) is 5.69 Å². The second-order valence-corrected chi connectivity index (χ2v) is 6.63. The second kappa shape index (κ2) is 5.93. The number of nitrogens with zero attached hydrogens (tertiary/aromatic N) is 4. The van der Waals surface area contributed by atoms with Crippen LogP contribution >= 0.6 is 0 Å². The van der Waals surface area contributed by atoms with E-state index in [4.69, 9.17) is 4.74 Å². The van der Waals surface area contributed by atoms with Gasteiger partial charge in [-0.15, -0.1) is 0 Å². The normalized spacial score (nSPS) is 28.6. The molecule has 0 unspecified atom stereocenters. The van der Waals surface area contributed by atoms with Gasteiger partial charge >= 0.3 is 0 Å². The highest BCUT2D eigenvalue weighted by Gasteiger charge is 2.38. The van der Waals surface area contributed by atoms with Gasteiger partial charge in [0.25, 0.3) is 5.91 Å². The van der Waals surface area contributed by atoms with E-state index in [1.54, 1.807) is 18.6 Å². The topological polar surface area (TPSA) is 58.6 Å². The van der Waals surface area contributed by atoms with E-state index in [9.17, 15) is 4.79 Å². The van der Waals surface area contributed by atoms with Crippen LogP contribution in [0.5, 0.6) is 0 Å². The van der Waals surface area contributed by atoms with Gasteiger partial charge in [-0.2, -0.15) is 0 Å². The molecule has 3 aliphatic rings. The van der Waals surface area contributed by atoms with E-state index in [2.05, 4.69) is 14.9 Å². The van der Waals surface area contributed by atoms with Gasteiger partial charge in [-0.05, 0) is 25.2 Å². The number of fused-ring (bicyclic) bond motifs is 1. The molecule has 1 aliphatic carbocycles. The zero-order valence-electron chi connectivity index (χ0n) is 12.7. The first-order chi connectivity index (χ1) is 10.8. The van der Waals surface area contributed by atoms with Crippen LogP contribution in [0.25, 0.3) is 0 Å². The Morgan fingerprint density at radius 1 is 1.27 bits per heavy atom. The summed E-state index contributed by atoms with van der Waals surface area (Å²) < 4.78 is 6.03. The molecule has 0 N–H and O–H groups in total. The SMILES string of the molecule is O=C(c1cnccn1)N1CCN2C[C@H](OCC3CC3)C[C@H]2C1. The minimum absolute atomic E-state index is 0.00454. The molecule has 2 atom stereocenters. The van der Waals surface area contributed by atoms with Crippen LogP contribution in [0.3, 0.4) is 0 Å². The molecule has 2 aliphatic heterocycles. The summed E-state index contributed by atoms with van der Waals surface area (Å²) in [6, 6.07) is 0.429. The third-order valence-electron chi connectivity index (χ3n) is 4.91. The summed E-state index contributed by atoms with van der Waals surface area (Å²) in [6.07, 6.45) is 8.76. The second-order valence-electron chi connectivity index (χ2n) is 6.63. The van der Waals surface area contributed by atoms with Crippen molar-refractivity contribution < 1.29 is 9.53 Å². The van der Waals surface area contributed by atoms with Crippen molar-refractivity contribution in [1.82, 2.24) is 19.8 Å². The molecular formula is C16H22N4O2. The fourth-order valence-corrected chi connectivity index (χ4v) is 3.43. The van der Waals surface area contributed by atoms with E-state index in [1.807, 2.05) is 4.90 Å². The van der Waals surface area contributed by atoms with Gasteiger partial charge in [0, 0.05) is 51.2 Å². The van der Waals surface area contributed by atoms with Crippen LogP contribution in [0.2, 0.25) is 0 Å². The van der Waals surface area contributed by atoms with Crippen LogP contribution in [0.4, 0.5) is 0 Å². The Balaban J connectivity index is 1.34. The molecule has 0 bridgehead atoms. The molecular weight excluding hydrogens is 280 g/mol. The lowest BCUT2D eigenvalue weighted by atomic mass is 10.1. The van der Waals surface area contributed by atoms with Crippen molar-refractivity contribution in [2.24, 2.45) is 5.92 Å². The molecule has 4 rings (SSSR count). The maximum Gasteiger partial charge on any atom is 0.274 e. The Morgan fingerprint density at radius 3 is 2.95 bits per heavy atom. The predicted octanol–water partition coefficient (Wildman–Crippen LogP) is 0.802. The first-order valence-electron chi connectivity index (χ1n) is 8.20. The molecule has 1 amide bonds. The standard InChI is InChI=1S/C16H22N4O2/c21-16(15-8-17-3-4-18-15)20-6-5-19-10-14(7-13(19)9-20)22-11-12-1-2-12/h3-4,8,12-14H,1-2,5-7,9-11H2/t13-,14+/m0/s1. The highest BCUT2D eigenvalue weighted by Crippen LogP contribution is 2.31. The van der Waals surface area contributed by atoms with E-state index in [1.165, 1.54) is 12.8 Å². The number of ether oxygens (including phenoxy) is 1. The largest absolute Gasteiger partial charge is 0.377 e. The Kier molecular flexibility index (Phi) is 3.80. The zero-order valence-corrected chi connectivity index (χ0v) is 12.7. The molecule has 1 aromatic heterocycles. The number of amides is 1. The Bertz CT molecular complexity index is 534. The number of hydrogen-bond donors (Lipinski definition) is 0. The van der Waals surface area contributed by atoms with E-state index in [-0.39, 0.29) is 5.91 Å². The van der Waals surface area contributed by atoms with Crippen LogP contribution in [0, 0.1) is 5.92 Å². The minimum Gasteiger partial charge on any atom is -0.377 e. The number of aromatic nitrogens is 2. The van der Waals surface area contributed by atoms with Crippen LogP contribution in [-0.2, 0) is 4.74 Å². The van der Waals surface area contributed by atoms with Crippen molar-refractivity contribution in [3.8, 4) is 0 Å². The fraction of sp³-hybridized carbons (Fsp3) is 0.688. The molecule has 0 aromatic carbocycles. The zero-order chi connectivity index (χ0) is 14.9. The van der Waals surface area contributed by atoms with Gasteiger partial charge in [0.15, 0.2) is 0 Å². The Hall–Kier alpha value is -1.53. The Morgan fingerprint density at radius 2 is 2.18 bits per heavy atom. The number of rotatable bonds is 4. The van der Waals surface area contributed by atoms with Crippen molar-refractivity contribution in [3.63, 3.8) is 0 Å². The van der Waals surface area contributed by atoms with Gasteiger partial charge in [-0.3, -0.25) is 14.7 Å². The molecule has 3 heterocycles. The van der Waals surface area contributed by atoms with E-state index >= 15 is 0 Å². The third kappa shape index (κ3) is 2.98. The average Bonchev–Trinajstić information content (AvgIpc) is 3.30. The summed E-state index contributed by atoms with van der Waals surface area (Å²) in [5, 5.41) is 0. The molecule has 3 fully saturated rings. The number of hydrogen-bond acceptors (Lipinski definition) is 5.